The summed E-state index contributed by atoms with van der Waals surface area (Å²) in [5.74, 6) is 0.315. The maximum absolute atomic E-state index is 11.1. The fourth-order valence-electron chi connectivity index (χ4n) is 2.85. The van der Waals surface area contributed by atoms with Crippen molar-refractivity contribution in [3.8, 4) is 11.5 Å². The van der Waals surface area contributed by atoms with Crippen LogP contribution in [-0.4, -0.2) is 23.2 Å². The van der Waals surface area contributed by atoms with Gasteiger partial charge < -0.3 is 19.9 Å². The van der Waals surface area contributed by atoms with Gasteiger partial charge in [0.2, 0.25) is 0 Å². The lowest BCUT2D eigenvalue weighted by Gasteiger charge is -2.16. The molecule has 0 radical (unpaired) electrons. The molecular weight excluding hydrogens is 436 g/mol. The Bertz CT molecular complexity index is 1010. The van der Waals surface area contributed by atoms with E-state index in [0.717, 1.165) is 26.9 Å². The van der Waals surface area contributed by atoms with Gasteiger partial charge in [-0.1, -0.05) is 6.07 Å². The van der Waals surface area contributed by atoms with Crippen molar-refractivity contribution < 1.29 is 19.4 Å². The van der Waals surface area contributed by atoms with Crippen LogP contribution in [-0.2, 0) is 13.2 Å². The molecule has 0 unspecified atom stereocenters. The summed E-state index contributed by atoms with van der Waals surface area (Å²) in [6, 6.07) is 12.7. The van der Waals surface area contributed by atoms with E-state index >= 15 is 0 Å². The van der Waals surface area contributed by atoms with Crippen LogP contribution in [0.2, 0.25) is 0 Å². The normalized spacial score (nSPS) is 10.4. The molecule has 6 nitrogen and oxygen atoms in total. The van der Waals surface area contributed by atoms with Crippen LogP contribution in [0.3, 0.4) is 0 Å². The van der Waals surface area contributed by atoms with Crippen molar-refractivity contribution in [2.45, 2.75) is 20.1 Å². The molecule has 0 aliphatic heterocycles. The van der Waals surface area contributed by atoms with E-state index in [9.17, 15) is 4.79 Å². The summed E-state index contributed by atoms with van der Waals surface area (Å²) in [5, 5.41) is 12.4. The topological polar surface area (TPSA) is 80.7 Å². The van der Waals surface area contributed by atoms with Gasteiger partial charge in [-0.15, -0.1) is 0 Å². The molecule has 150 valence electrons. The van der Waals surface area contributed by atoms with Crippen molar-refractivity contribution in [3.05, 3.63) is 81.6 Å². The molecule has 29 heavy (non-hydrogen) atoms. The van der Waals surface area contributed by atoms with Gasteiger partial charge in [-0.05, 0) is 70.4 Å². The molecule has 0 atom stereocenters. The lowest BCUT2D eigenvalue weighted by Crippen LogP contribution is -2.05. The quantitative estimate of drug-likeness (QED) is 0.493. The van der Waals surface area contributed by atoms with Crippen LogP contribution in [0, 0.1) is 6.92 Å². The number of halogens is 1. The van der Waals surface area contributed by atoms with E-state index < -0.39 is 5.97 Å². The third kappa shape index (κ3) is 5.26. The first-order chi connectivity index (χ1) is 14.0. The maximum Gasteiger partial charge on any atom is 0.335 e. The van der Waals surface area contributed by atoms with Crippen molar-refractivity contribution in [1.82, 2.24) is 4.98 Å². The number of rotatable bonds is 8. The summed E-state index contributed by atoms with van der Waals surface area (Å²) in [5.41, 5.74) is 3.97. The van der Waals surface area contributed by atoms with Crippen LogP contribution in [0.4, 0.5) is 5.69 Å². The summed E-state index contributed by atoms with van der Waals surface area (Å²) < 4.78 is 12.2. The molecule has 0 spiro atoms. The van der Waals surface area contributed by atoms with E-state index in [4.69, 9.17) is 14.6 Å². The van der Waals surface area contributed by atoms with Crippen LogP contribution in [0.5, 0.6) is 11.5 Å². The van der Waals surface area contributed by atoms with E-state index in [1.54, 1.807) is 37.7 Å². The molecule has 0 aliphatic carbocycles. The Hall–Kier alpha value is -3.06. The number of nitrogens with one attached hydrogen (secondary N) is 1. The zero-order valence-electron chi connectivity index (χ0n) is 16.1. The third-order valence-electron chi connectivity index (χ3n) is 4.35. The molecule has 1 aromatic heterocycles. The number of carboxylic acids is 1. The standard InChI is InChI=1S/C22H21BrN2O4/c1-14-8-17(22(26)27)5-6-19(14)25-12-16-9-18(23)21(20(10-16)28-2)29-13-15-4-3-7-24-11-15/h3-11,25H,12-13H2,1-2H3,(H,26,27). The molecule has 0 bridgehead atoms. The Balaban J connectivity index is 1.72. The fourth-order valence-corrected chi connectivity index (χ4v) is 3.45. The minimum atomic E-state index is -0.935. The third-order valence-corrected chi connectivity index (χ3v) is 4.94. The van der Waals surface area contributed by atoms with Crippen LogP contribution < -0.4 is 14.8 Å². The molecule has 0 fully saturated rings. The van der Waals surface area contributed by atoms with Crippen LogP contribution in [0.15, 0.2) is 59.3 Å². The van der Waals surface area contributed by atoms with E-state index in [-0.39, 0.29) is 5.56 Å². The molecule has 0 saturated carbocycles. The minimum absolute atomic E-state index is 0.271. The van der Waals surface area contributed by atoms with Gasteiger partial charge >= 0.3 is 5.97 Å². The first-order valence-electron chi connectivity index (χ1n) is 8.94. The van der Waals surface area contributed by atoms with Crippen molar-refractivity contribution in [1.29, 1.82) is 0 Å². The van der Waals surface area contributed by atoms with Gasteiger partial charge in [0.25, 0.3) is 0 Å². The zero-order valence-corrected chi connectivity index (χ0v) is 17.7. The number of ether oxygens (including phenoxy) is 2. The molecule has 3 rings (SSSR count). The van der Waals surface area contributed by atoms with Gasteiger partial charge in [-0.3, -0.25) is 4.98 Å². The predicted octanol–water partition coefficient (Wildman–Crippen LogP) is 5.05. The number of hydrogen-bond acceptors (Lipinski definition) is 5. The van der Waals surface area contributed by atoms with E-state index in [1.807, 2.05) is 31.2 Å². The average molecular weight is 457 g/mol. The molecule has 2 aromatic carbocycles. The number of aromatic nitrogens is 1. The number of carboxylic acid groups (broad SMARTS) is 1. The van der Waals surface area contributed by atoms with Crippen molar-refractivity contribution in [2.75, 3.05) is 12.4 Å². The smallest absolute Gasteiger partial charge is 0.335 e. The number of carbonyl (C=O) groups is 1. The van der Waals surface area contributed by atoms with E-state index in [1.165, 1.54) is 0 Å². The molecular formula is C22H21BrN2O4. The SMILES string of the molecule is COc1cc(CNc2ccc(C(=O)O)cc2C)cc(Br)c1OCc1cccnc1. The van der Waals surface area contributed by atoms with Gasteiger partial charge in [-0.2, -0.15) is 0 Å². The van der Waals surface area contributed by atoms with Gasteiger partial charge in [0.15, 0.2) is 11.5 Å². The molecule has 1 heterocycles. The second-order valence-corrected chi connectivity index (χ2v) is 7.30. The first-order valence-corrected chi connectivity index (χ1v) is 9.73. The van der Waals surface area contributed by atoms with Crippen molar-refractivity contribution >= 4 is 27.6 Å². The highest BCUT2D eigenvalue weighted by molar-refractivity contribution is 9.10. The highest BCUT2D eigenvalue weighted by Crippen LogP contribution is 2.37. The molecule has 3 aromatic rings. The lowest BCUT2D eigenvalue weighted by atomic mass is 10.1. The monoisotopic (exact) mass is 456 g/mol. The van der Waals surface area contributed by atoms with Crippen LogP contribution in [0.25, 0.3) is 0 Å². The average Bonchev–Trinajstić information content (AvgIpc) is 2.72. The summed E-state index contributed by atoms with van der Waals surface area (Å²) >= 11 is 3.56. The Morgan fingerprint density at radius 3 is 2.69 bits per heavy atom. The Morgan fingerprint density at radius 2 is 2.03 bits per heavy atom. The highest BCUT2D eigenvalue weighted by atomic mass is 79.9. The van der Waals surface area contributed by atoms with Crippen molar-refractivity contribution in [2.24, 2.45) is 0 Å². The second-order valence-electron chi connectivity index (χ2n) is 6.45. The summed E-state index contributed by atoms with van der Waals surface area (Å²) in [6.45, 7) is 2.81. The summed E-state index contributed by atoms with van der Waals surface area (Å²) in [7, 11) is 1.60. The molecule has 7 heteroatoms. The number of anilines is 1. The van der Waals surface area contributed by atoms with Crippen LogP contribution >= 0.6 is 15.9 Å². The summed E-state index contributed by atoms with van der Waals surface area (Å²) in [6.07, 6.45) is 3.48. The Kier molecular flexibility index (Phi) is 6.72. The highest BCUT2D eigenvalue weighted by Gasteiger charge is 2.13. The van der Waals surface area contributed by atoms with Gasteiger partial charge in [0.05, 0.1) is 17.1 Å². The van der Waals surface area contributed by atoms with Gasteiger partial charge in [0.1, 0.15) is 6.61 Å². The molecule has 0 aliphatic rings. The number of aryl methyl sites for hydroxylation is 1. The largest absolute Gasteiger partial charge is 0.493 e. The Morgan fingerprint density at radius 1 is 1.21 bits per heavy atom. The van der Waals surface area contributed by atoms with Gasteiger partial charge in [0, 0.05) is 30.2 Å². The number of methoxy groups -OCH3 is 1. The second kappa shape index (κ2) is 9.43. The van der Waals surface area contributed by atoms with Gasteiger partial charge in [-0.25, -0.2) is 4.79 Å². The number of nitrogens with zero attached hydrogens (tertiary/aromatic N) is 1. The van der Waals surface area contributed by atoms with E-state index in [2.05, 4.69) is 26.2 Å². The van der Waals surface area contributed by atoms with E-state index in [0.29, 0.717) is 24.7 Å². The lowest BCUT2D eigenvalue weighted by molar-refractivity contribution is 0.0697. The predicted molar refractivity (Wildman–Crippen MR) is 115 cm³/mol. The number of aromatic carboxylic acids is 1. The zero-order chi connectivity index (χ0) is 20.8. The number of benzene rings is 2. The number of pyridine rings is 1. The van der Waals surface area contributed by atoms with Crippen LogP contribution in [0.1, 0.15) is 27.0 Å². The maximum atomic E-state index is 11.1. The first kappa shape index (κ1) is 20.7. The Labute approximate surface area is 177 Å². The number of hydrogen-bond donors (Lipinski definition) is 2. The minimum Gasteiger partial charge on any atom is -0.493 e. The molecule has 2 N–H and O–H groups in total. The summed E-state index contributed by atoms with van der Waals surface area (Å²) in [4.78, 5) is 15.2. The fraction of sp³-hybridized carbons (Fsp3) is 0.182. The van der Waals surface area contributed by atoms with Crippen molar-refractivity contribution in [3.63, 3.8) is 0 Å². The molecule has 0 amide bonds. The molecule has 0 saturated heterocycles.